The first-order valence-corrected chi connectivity index (χ1v) is 9.31. The van der Waals surface area contributed by atoms with Crippen molar-refractivity contribution in [3.8, 4) is 5.75 Å². The quantitative estimate of drug-likeness (QED) is 0.612. The van der Waals surface area contributed by atoms with Gasteiger partial charge in [-0.1, -0.05) is 30.3 Å². The number of nitrogens with one attached hydrogen (secondary N) is 1. The molecule has 1 amide bonds. The molecule has 0 fully saturated rings. The Kier molecular flexibility index (Phi) is 6.33. The van der Waals surface area contributed by atoms with E-state index in [1.807, 2.05) is 36.6 Å². The van der Waals surface area contributed by atoms with Gasteiger partial charge in [0.15, 0.2) is 0 Å². The molecule has 27 heavy (non-hydrogen) atoms. The molecule has 0 spiro atoms. The predicted molar refractivity (Wildman–Crippen MR) is 105 cm³/mol. The first-order valence-electron chi connectivity index (χ1n) is 8.43. The Labute approximate surface area is 161 Å². The average molecular weight is 382 g/mol. The molecule has 6 heteroatoms. The Morgan fingerprint density at radius 2 is 2.11 bits per heavy atom. The highest BCUT2D eigenvalue weighted by atomic mass is 32.1. The normalized spacial score (nSPS) is 10.9. The standard InChI is InChI=1S/C21H19FN2O2S/c1-15-24-19(14-27-15)13-26-20-8-3-2-6-17(20)9-10-21(25)23-12-16-5-4-7-18(22)11-16/h2-11,14H,12-13H2,1H3,(H,23,25)/b10-9+. The molecule has 0 unspecified atom stereocenters. The van der Waals surface area contributed by atoms with E-state index in [-0.39, 0.29) is 18.3 Å². The number of nitrogens with zero attached hydrogens (tertiary/aromatic N) is 1. The molecule has 0 aliphatic heterocycles. The number of hydrogen-bond donors (Lipinski definition) is 1. The lowest BCUT2D eigenvalue weighted by Gasteiger charge is -2.08. The van der Waals surface area contributed by atoms with E-state index >= 15 is 0 Å². The Bertz CT molecular complexity index is 953. The summed E-state index contributed by atoms with van der Waals surface area (Å²) in [5.74, 6) is 0.0974. The zero-order valence-corrected chi connectivity index (χ0v) is 15.6. The van der Waals surface area contributed by atoms with Gasteiger partial charge in [-0.05, 0) is 36.8 Å². The summed E-state index contributed by atoms with van der Waals surface area (Å²) >= 11 is 1.58. The highest BCUT2D eigenvalue weighted by molar-refractivity contribution is 7.09. The van der Waals surface area contributed by atoms with E-state index in [0.29, 0.717) is 17.9 Å². The van der Waals surface area contributed by atoms with Gasteiger partial charge in [0.25, 0.3) is 0 Å². The number of carbonyl (C=O) groups excluding carboxylic acids is 1. The molecular weight excluding hydrogens is 363 g/mol. The van der Waals surface area contributed by atoms with Gasteiger partial charge in [0.1, 0.15) is 18.2 Å². The molecule has 0 radical (unpaired) electrons. The van der Waals surface area contributed by atoms with Crippen LogP contribution in [-0.2, 0) is 17.9 Å². The average Bonchev–Trinajstić information content (AvgIpc) is 3.09. The molecule has 1 aromatic heterocycles. The molecule has 3 aromatic rings. The molecule has 0 bridgehead atoms. The number of amides is 1. The van der Waals surface area contributed by atoms with Crippen LogP contribution in [0.2, 0.25) is 0 Å². The van der Waals surface area contributed by atoms with Crippen molar-refractivity contribution < 1.29 is 13.9 Å². The number of para-hydroxylation sites is 1. The zero-order valence-electron chi connectivity index (χ0n) is 14.8. The van der Waals surface area contributed by atoms with Gasteiger partial charge >= 0.3 is 0 Å². The van der Waals surface area contributed by atoms with Gasteiger partial charge < -0.3 is 10.1 Å². The van der Waals surface area contributed by atoms with Crippen molar-refractivity contribution >= 4 is 23.3 Å². The maximum Gasteiger partial charge on any atom is 0.244 e. The first-order chi connectivity index (χ1) is 13.1. The number of benzene rings is 2. The van der Waals surface area contributed by atoms with Crippen LogP contribution in [0.3, 0.4) is 0 Å². The van der Waals surface area contributed by atoms with Crippen molar-refractivity contribution in [2.75, 3.05) is 0 Å². The van der Waals surface area contributed by atoms with Crippen LogP contribution in [0.1, 0.15) is 21.8 Å². The third-order valence-electron chi connectivity index (χ3n) is 3.73. The molecule has 0 saturated heterocycles. The second kappa shape index (κ2) is 9.09. The largest absolute Gasteiger partial charge is 0.487 e. The Morgan fingerprint density at radius 3 is 2.89 bits per heavy atom. The van der Waals surface area contributed by atoms with Crippen molar-refractivity contribution in [2.45, 2.75) is 20.1 Å². The van der Waals surface area contributed by atoms with Gasteiger partial charge in [0.05, 0.1) is 10.7 Å². The maximum absolute atomic E-state index is 13.2. The van der Waals surface area contributed by atoms with Crippen molar-refractivity contribution in [1.82, 2.24) is 10.3 Å². The fourth-order valence-electron chi connectivity index (χ4n) is 2.44. The third-order valence-corrected chi connectivity index (χ3v) is 4.55. The van der Waals surface area contributed by atoms with E-state index in [4.69, 9.17) is 4.74 Å². The Balaban J connectivity index is 1.58. The molecule has 0 aliphatic rings. The van der Waals surface area contributed by atoms with E-state index in [0.717, 1.165) is 16.3 Å². The molecule has 0 aliphatic carbocycles. The second-order valence-electron chi connectivity index (χ2n) is 5.87. The third kappa shape index (κ3) is 5.76. The van der Waals surface area contributed by atoms with E-state index in [2.05, 4.69) is 10.3 Å². The summed E-state index contributed by atoms with van der Waals surface area (Å²) in [5.41, 5.74) is 2.38. The number of aromatic nitrogens is 1. The highest BCUT2D eigenvalue weighted by Crippen LogP contribution is 2.21. The molecule has 138 valence electrons. The van der Waals surface area contributed by atoms with Crippen molar-refractivity contribution in [2.24, 2.45) is 0 Å². The van der Waals surface area contributed by atoms with E-state index in [1.54, 1.807) is 29.5 Å². The fraction of sp³-hybridized carbons (Fsp3) is 0.143. The summed E-state index contributed by atoms with van der Waals surface area (Å²) < 4.78 is 19.0. The predicted octanol–water partition coefficient (Wildman–Crippen LogP) is 4.50. The van der Waals surface area contributed by atoms with Crippen molar-refractivity contribution in [3.63, 3.8) is 0 Å². The molecule has 0 saturated carbocycles. The van der Waals surface area contributed by atoms with Gasteiger partial charge in [-0.25, -0.2) is 9.37 Å². The van der Waals surface area contributed by atoms with Crippen LogP contribution in [0, 0.1) is 12.7 Å². The fourth-order valence-corrected chi connectivity index (χ4v) is 3.03. The Hall–Kier alpha value is -2.99. The summed E-state index contributed by atoms with van der Waals surface area (Å²) in [6.07, 6.45) is 3.14. The Morgan fingerprint density at radius 1 is 1.26 bits per heavy atom. The van der Waals surface area contributed by atoms with E-state index in [9.17, 15) is 9.18 Å². The van der Waals surface area contributed by atoms with Gasteiger partial charge in [-0.3, -0.25) is 4.79 Å². The number of aryl methyl sites for hydroxylation is 1. The van der Waals surface area contributed by atoms with Crippen LogP contribution >= 0.6 is 11.3 Å². The summed E-state index contributed by atoms with van der Waals surface area (Å²) in [6, 6.07) is 13.6. The van der Waals surface area contributed by atoms with Crippen molar-refractivity contribution in [3.05, 3.63) is 87.6 Å². The highest BCUT2D eigenvalue weighted by Gasteiger charge is 2.04. The summed E-state index contributed by atoms with van der Waals surface area (Å²) in [7, 11) is 0. The van der Waals surface area contributed by atoms with Gasteiger partial charge in [-0.15, -0.1) is 11.3 Å². The van der Waals surface area contributed by atoms with Gasteiger partial charge in [0, 0.05) is 23.6 Å². The summed E-state index contributed by atoms with van der Waals surface area (Å²) in [4.78, 5) is 16.4. The lowest BCUT2D eigenvalue weighted by Crippen LogP contribution is -2.20. The van der Waals surface area contributed by atoms with Gasteiger partial charge in [-0.2, -0.15) is 0 Å². The summed E-state index contributed by atoms with van der Waals surface area (Å²) in [5, 5.41) is 5.70. The topological polar surface area (TPSA) is 51.2 Å². The molecule has 1 N–H and O–H groups in total. The number of halogens is 1. The van der Waals surface area contributed by atoms with Crippen LogP contribution in [-0.4, -0.2) is 10.9 Å². The smallest absolute Gasteiger partial charge is 0.244 e. The minimum Gasteiger partial charge on any atom is -0.487 e. The molecule has 4 nitrogen and oxygen atoms in total. The molecule has 1 heterocycles. The molecule has 3 rings (SSSR count). The monoisotopic (exact) mass is 382 g/mol. The first kappa shape index (κ1) is 18.8. The van der Waals surface area contributed by atoms with E-state index in [1.165, 1.54) is 18.2 Å². The number of hydrogen-bond acceptors (Lipinski definition) is 4. The number of rotatable bonds is 7. The van der Waals surface area contributed by atoms with E-state index < -0.39 is 0 Å². The van der Waals surface area contributed by atoms with Crippen LogP contribution < -0.4 is 10.1 Å². The van der Waals surface area contributed by atoms with Crippen molar-refractivity contribution in [1.29, 1.82) is 0 Å². The SMILES string of the molecule is Cc1nc(COc2ccccc2/C=C/C(=O)NCc2cccc(F)c2)cs1. The van der Waals surface area contributed by atoms with Gasteiger partial charge in [0.2, 0.25) is 5.91 Å². The molecule has 0 atom stereocenters. The minimum atomic E-state index is -0.321. The van der Waals surface area contributed by atoms with Crippen LogP contribution in [0.25, 0.3) is 6.08 Å². The maximum atomic E-state index is 13.2. The lowest BCUT2D eigenvalue weighted by atomic mass is 10.2. The molecular formula is C21H19FN2O2S. The van der Waals surface area contributed by atoms with Crippen LogP contribution in [0.15, 0.2) is 60.0 Å². The lowest BCUT2D eigenvalue weighted by molar-refractivity contribution is -0.116. The number of ether oxygens (including phenoxy) is 1. The molecule has 2 aromatic carbocycles. The second-order valence-corrected chi connectivity index (χ2v) is 6.93. The summed E-state index contributed by atoms with van der Waals surface area (Å²) in [6.45, 7) is 2.59. The minimum absolute atomic E-state index is 0.260. The number of thiazole rings is 1. The van der Waals surface area contributed by atoms with Crippen LogP contribution in [0.5, 0.6) is 5.75 Å². The zero-order chi connectivity index (χ0) is 19.1. The number of carbonyl (C=O) groups is 1. The van der Waals surface area contributed by atoms with Crippen LogP contribution in [0.4, 0.5) is 4.39 Å².